The first-order chi connectivity index (χ1) is 35.5. The fourth-order valence-corrected chi connectivity index (χ4v) is 8.83. The van der Waals surface area contributed by atoms with E-state index in [1.807, 2.05) is 0 Å². The Balaban J connectivity index is 4.08. The van der Waals surface area contributed by atoms with Crippen LogP contribution in [0.5, 0.6) is 0 Å². The summed E-state index contributed by atoms with van der Waals surface area (Å²) in [7, 11) is 0. The first-order valence-electron chi connectivity index (χ1n) is 30.9. The van der Waals surface area contributed by atoms with Crippen LogP contribution in [0.2, 0.25) is 0 Å². The van der Waals surface area contributed by atoms with E-state index in [-0.39, 0.29) is 31.1 Å². The molecule has 0 aromatic heterocycles. The van der Waals surface area contributed by atoms with Gasteiger partial charge in [-0.05, 0) is 83.5 Å². The van der Waals surface area contributed by atoms with E-state index in [1.165, 1.54) is 154 Å². The smallest absolute Gasteiger partial charge is 0.306 e. The van der Waals surface area contributed by atoms with Crippen molar-refractivity contribution in [2.45, 2.75) is 316 Å². The van der Waals surface area contributed by atoms with E-state index in [1.54, 1.807) is 0 Å². The van der Waals surface area contributed by atoms with Gasteiger partial charge in [-0.3, -0.25) is 14.4 Å². The SMILES string of the molecule is CC/C=C\C/C=C\C/C=C\C/C=C\CCCCCCCCCCCCCCCCCCCCC(=O)OCC(COC(=O)CCCCCCCCCCCC)OC(=O)CCCCCCC/C=C\C/C=C\CCC. The molecule has 0 amide bonds. The fourth-order valence-electron chi connectivity index (χ4n) is 8.83. The van der Waals surface area contributed by atoms with Gasteiger partial charge in [-0.2, -0.15) is 0 Å². The van der Waals surface area contributed by atoms with Crippen molar-refractivity contribution >= 4 is 17.9 Å². The van der Waals surface area contributed by atoms with Gasteiger partial charge in [0.1, 0.15) is 13.2 Å². The molecule has 0 rings (SSSR count). The minimum Gasteiger partial charge on any atom is -0.462 e. The van der Waals surface area contributed by atoms with Crippen LogP contribution >= 0.6 is 0 Å². The summed E-state index contributed by atoms with van der Waals surface area (Å²) in [6.45, 7) is 6.46. The monoisotopic (exact) mass is 1000 g/mol. The number of hydrogen-bond donors (Lipinski definition) is 0. The van der Waals surface area contributed by atoms with Crippen LogP contribution in [0.3, 0.4) is 0 Å². The molecule has 0 saturated carbocycles. The van der Waals surface area contributed by atoms with Crippen LogP contribution < -0.4 is 0 Å². The molecule has 6 heteroatoms. The highest BCUT2D eigenvalue weighted by molar-refractivity contribution is 5.71. The van der Waals surface area contributed by atoms with Crippen LogP contribution in [-0.2, 0) is 28.6 Å². The van der Waals surface area contributed by atoms with E-state index in [2.05, 4.69) is 93.7 Å². The quantitative estimate of drug-likeness (QED) is 0.0261. The lowest BCUT2D eigenvalue weighted by Crippen LogP contribution is -2.30. The van der Waals surface area contributed by atoms with Crippen molar-refractivity contribution in [2.24, 2.45) is 0 Å². The number of carbonyl (C=O) groups excluding carboxylic acids is 3. The highest BCUT2D eigenvalue weighted by Gasteiger charge is 2.19. The molecule has 0 heterocycles. The number of rotatable bonds is 56. The van der Waals surface area contributed by atoms with E-state index in [0.717, 1.165) is 116 Å². The topological polar surface area (TPSA) is 78.9 Å². The van der Waals surface area contributed by atoms with Crippen molar-refractivity contribution in [1.82, 2.24) is 0 Å². The first-order valence-corrected chi connectivity index (χ1v) is 30.9. The maximum atomic E-state index is 12.8. The first kappa shape index (κ1) is 68.8. The third kappa shape index (κ3) is 57.7. The lowest BCUT2D eigenvalue weighted by Gasteiger charge is -2.18. The molecule has 0 aromatic carbocycles. The molecular formula is C66H116O6. The number of ether oxygens (including phenoxy) is 3. The van der Waals surface area contributed by atoms with Crippen LogP contribution in [0.15, 0.2) is 72.9 Å². The molecule has 6 nitrogen and oxygen atoms in total. The van der Waals surface area contributed by atoms with E-state index in [0.29, 0.717) is 19.3 Å². The van der Waals surface area contributed by atoms with Crippen molar-refractivity contribution in [3.05, 3.63) is 72.9 Å². The lowest BCUT2D eigenvalue weighted by molar-refractivity contribution is -0.167. The second-order valence-electron chi connectivity index (χ2n) is 20.6. The van der Waals surface area contributed by atoms with E-state index < -0.39 is 6.10 Å². The number of esters is 3. The van der Waals surface area contributed by atoms with E-state index >= 15 is 0 Å². The summed E-state index contributed by atoms with van der Waals surface area (Å²) in [5, 5.41) is 0. The zero-order valence-corrected chi connectivity index (χ0v) is 47.7. The molecule has 0 aliphatic carbocycles. The molecule has 0 bridgehead atoms. The number of allylic oxidation sites excluding steroid dienone is 12. The second-order valence-corrected chi connectivity index (χ2v) is 20.6. The molecule has 0 saturated heterocycles. The molecule has 1 atom stereocenters. The van der Waals surface area contributed by atoms with Gasteiger partial charge < -0.3 is 14.2 Å². The Morgan fingerprint density at radius 3 is 0.903 bits per heavy atom. The van der Waals surface area contributed by atoms with Crippen molar-refractivity contribution in [1.29, 1.82) is 0 Å². The fraction of sp³-hybridized carbons (Fsp3) is 0.773. The van der Waals surface area contributed by atoms with Crippen molar-refractivity contribution in [3.8, 4) is 0 Å². The predicted octanol–water partition coefficient (Wildman–Crippen LogP) is 20.9. The molecule has 0 fully saturated rings. The molecule has 0 aromatic rings. The Hall–Kier alpha value is -3.15. The summed E-state index contributed by atoms with van der Waals surface area (Å²) < 4.78 is 16.8. The van der Waals surface area contributed by atoms with Gasteiger partial charge >= 0.3 is 17.9 Å². The zero-order valence-electron chi connectivity index (χ0n) is 47.7. The second kappa shape index (κ2) is 60.4. The third-order valence-corrected chi connectivity index (χ3v) is 13.4. The van der Waals surface area contributed by atoms with Crippen LogP contribution in [0, 0.1) is 0 Å². The normalized spacial score (nSPS) is 12.5. The lowest BCUT2D eigenvalue weighted by atomic mass is 10.0. The third-order valence-electron chi connectivity index (χ3n) is 13.4. The van der Waals surface area contributed by atoms with Gasteiger partial charge in [0.25, 0.3) is 0 Å². The standard InChI is InChI=1S/C66H116O6/c1-4-7-10-13-16-19-22-24-25-26-27-28-29-30-31-32-33-34-35-36-37-38-39-40-41-43-44-47-50-53-56-59-65(68)71-62-63(61-70-64(67)58-55-52-49-46-21-18-15-12-9-6-3)72-66(69)60-57-54-51-48-45-42-23-20-17-14-11-8-5-2/h7,10-11,14,16,19-20,23-25,27-28,63H,4-6,8-9,12-13,15,17-18,21-22,26,29-62H2,1-3H3/b10-7-,14-11-,19-16-,23-20-,25-24-,28-27-. The Morgan fingerprint density at radius 1 is 0.292 bits per heavy atom. The summed E-state index contributed by atoms with van der Waals surface area (Å²) in [4.78, 5) is 38.1. The van der Waals surface area contributed by atoms with E-state index in [4.69, 9.17) is 14.2 Å². The van der Waals surface area contributed by atoms with Gasteiger partial charge in [0, 0.05) is 19.3 Å². The van der Waals surface area contributed by atoms with Crippen molar-refractivity contribution in [3.63, 3.8) is 0 Å². The molecule has 416 valence electrons. The maximum absolute atomic E-state index is 12.8. The summed E-state index contributed by atoms with van der Waals surface area (Å²) in [5.41, 5.74) is 0. The number of carbonyl (C=O) groups is 3. The van der Waals surface area contributed by atoms with Crippen LogP contribution in [0.1, 0.15) is 310 Å². The van der Waals surface area contributed by atoms with Gasteiger partial charge in [0.05, 0.1) is 0 Å². The molecule has 0 radical (unpaired) electrons. The minimum atomic E-state index is -0.778. The van der Waals surface area contributed by atoms with Gasteiger partial charge in [-0.25, -0.2) is 0 Å². The molecule has 72 heavy (non-hydrogen) atoms. The van der Waals surface area contributed by atoms with Crippen molar-refractivity contribution in [2.75, 3.05) is 13.2 Å². The highest BCUT2D eigenvalue weighted by Crippen LogP contribution is 2.17. The van der Waals surface area contributed by atoms with Crippen molar-refractivity contribution < 1.29 is 28.6 Å². The number of unbranched alkanes of at least 4 members (excludes halogenated alkanes) is 33. The molecule has 1 unspecified atom stereocenters. The largest absolute Gasteiger partial charge is 0.462 e. The van der Waals surface area contributed by atoms with Crippen LogP contribution in [-0.4, -0.2) is 37.2 Å². The Kier molecular flexibility index (Phi) is 57.8. The molecule has 0 spiro atoms. The average Bonchev–Trinajstić information content (AvgIpc) is 3.38. The summed E-state index contributed by atoms with van der Waals surface area (Å²) in [6, 6.07) is 0. The molecule has 0 N–H and O–H groups in total. The minimum absolute atomic E-state index is 0.0766. The Labute approximate surface area is 446 Å². The van der Waals surface area contributed by atoms with Gasteiger partial charge in [-0.15, -0.1) is 0 Å². The Bertz CT molecular complexity index is 1340. The molecular weight excluding hydrogens is 889 g/mol. The summed E-state index contributed by atoms with van der Waals surface area (Å²) >= 11 is 0. The van der Waals surface area contributed by atoms with Gasteiger partial charge in [-0.1, -0.05) is 280 Å². The van der Waals surface area contributed by atoms with Crippen LogP contribution in [0.25, 0.3) is 0 Å². The highest BCUT2D eigenvalue weighted by atomic mass is 16.6. The summed E-state index contributed by atoms with van der Waals surface area (Å²) in [6.07, 6.45) is 77.8. The average molecular weight is 1010 g/mol. The van der Waals surface area contributed by atoms with Gasteiger partial charge in [0.15, 0.2) is 6.10 Å². The molecule has 0 aliphatic rings. The Morgan fingerprint density at radius 2 is 0.569 bits per heavy atom. The number of hydrogen-bond acceptors (Lipinski definition) is 6. The molecule has 0 aliphatic heterocycles. The maximum Gasteiger partial charge on any atom is 0.306 e. The van der Waals surface area contributed by atoms with Gasteiger partial charge in [0.2, 0.25) is 0 Å². The zero-order chi connectivity index (χ0) is 52.2. The van der Waals surface area contributed by atoms with E-state index in [9.17, 15) is 14.4 Å². The summed E-state index contributed by atoms with van der Waals surface area (Å²) in [5.74, 6) is -0.880. The predicted molar refractivity (Wildman–Crippen MR) is 311 cm³/mol. The van der Waals surface area contributed by atoms with Crippen LogP contribution in [0.4, 0.5) is 0 Å².